The van der Waals surface area contributed by atoms with Gasteiger partial charge in [0.1, 0.15) is 12.3 Å². The largest absolute Gasteiger partial charge is 0.394 e. The van der Waals surface area contributed by atoms with Crippen molar-refractivity contribution in [3.05, 3.63) is 0 Å². The second-order valence-electron chi connectivity index (χ2n) is 3.69. The predicted octanol–water partition coefficient (Wildman–Crippen LogP) is -2.68. The highest BCUT2D eigenvalue weighted by molar-refractivity contribution is 6.03. The lowest BCUT2D eigenvalue weighted by Gasteiger charge is -2.24. The Hall–Kier alpha value is -1.22. The van der Waals surface area contributed by atoms with Gasteiger partial charge in [0.25, 0.3) is 5.91 Å². The van der Waals surface area contributed by atoms with E-state index in [1.165, 1.54) is 0 Å². The highest BCUT2D eigenvalue weighted by Crippen LogP contribution is 2.25. The standard InChI is InChI=1S/C8H12N2O6/c11-2-4-3(12)1-5(16-4)10-7(14)6(13)9-8(10)15/h3-5,7,11-12,14H,1-2H2,(H,9,13,15)/t3-,4+,5+,7+/m0/s1. The Kier molecular flexibility index (Phi) is 2.80. The quantitative estimate of drug-likeness (QED) is 0.385. The number of hydrogen-bond acceptors (Lipinski definition) is 6. The van der Waals surface area contributed by atoms with Crippen LogP contribution in [0.25, 0.3) is 0 Å². The van der Waals surface area contributed by atoms with E-state index in [1.807, 2.05) is 5.32 Å². The van der Waals surface area contributed by atoms with Gasteiger partial charge < -0.3 is 20.1 Å². The van der Waals surface area contributed by atoms with Crippen molar-refractivity contribution >= 4 is 11.9 Å². The molecule has 0 bridgehead atoms. The number of carbonyl (C=O) groups excluding carboxylic acids is 2. The summed E-state index contributed by atoms with van der Waals surface area (Å²) in [5.74, 6) is -0.824. The Labute approximate surface area is 90.4 Å². The molecule has 2 saturated heterocycles. The minimum Gasteiger partial charge on any atom is -0.394 e. The number of carbonyl (C=O) groups is 2. The second kappa shape index (κ2) is 3.98. The first kappa shape index (κ1) is 11.3. The summed E-state index contributed by atoms with van der Waals surface area (Å²) in [4.78, 5) is 23.1. The summed E-state index contributed by atoms with van der Waals surface area (Å²) >= 11 is 0. The number of nitrogens with zero attached hydrogens (tertiary/aromatic N) is 1. The molecule has 16 heavy (non-hydrogen) atoms. The van der Waals surface area contributed by atoms with Crippen LogP contribution in [0, 0.1) is 0 Å². The molecule has 0 aromatic rings. The van der Waals surface area contributed by atoms with Gasteiger partial charge in [0.05, 0.1) is 12.7 Å². The lowest BCUT2D eigenvalue weighted by molar-refractivity contribution is -0.140. The Morgan fingerprint density at radius 2 is 2.12 bits per heavy atom. The third-order valence-corrected chi connectivity index (χ3v) is 2.66. The first-order chi connectivity index (χ1) is 7.54. The first-order valence-corrected chi connectivity index (χ1v) is 4.80. The summed E-state index contributed by atoms with van der Waals surface area (Å²) in [7, 11) is 0. The van der Waals surface area contributed by atoms with Crippen LogP contribution in [0.15, 0.2) is 0 Å². The van der Waals surface area contributed by atoms with Crippen LogP contribution in [-0.4, -0.2) is 63.4 Å². The number of rotatable bonds is 2. The molecule has 8 heteroatoms. The van der Waals surface area contributed by atoms with Gasteiger partial charge in [-0.15, -0.1) is 0 Å². The molecular weight excluding hydrogens is 220 g/mol. The number of amides is 3. The number of aliphatic hydroxyl groups is 3. The van der Waals surface area contributed by atoms with Crippen LogP contribution in [0.4, 0.5) is 4.79 Å². The van der Waals surface area contributed by atoms with Crippen LogP contribution in [-0.2, 0) is 9.53 Å². The van der Waals surface area contributed by atoms with Crippen molar-refractivity contribution in [1.82, 2.24) is 10.2 Å². The zero-order valence-electron chi connectivity index (χ0n) is 8.24. The van der Waals surface area contributed by atoms with Crippen molar-refractivity contribution in [2.75, 3.05) is 6.61 Å². The zero-order chi connectivity index (χ0) is 11.9. The molecule has 0 saturated carbocycles. The maximum absolute atomic E-state index is 11.3. The van der Waals surface area contributed by atoms with Gasteiger partial charge in [-0.1, -0.05) is 0 Å². The summed E-state index contributed by atoms with van der Waals surface area (Å²) in [6.45, 7) is -0.392. The molecule has 3 amide bonds. The average Bonchev–Trinajstić information content (AvgIpc) is 2.69. The maximum atomic E-state index is 11.3. The smallest absolute Gasteiger partial charge is 0.328 e. The van der Waals surface area contributed by atoms with Gasteiger partial charge in [-0.25, -0.2) is 4.79 Å². The van der Waals surface area contributed by atoms with Crippen LogP contribution in [0.3, 0.4) is 0 Å². The van der Waals surface area contributed by atoms with E-state index < -0.39 is 43.2 Å². The van der Waals surface area contributed by atoms with Crippen LogP contribution in [0.1, 0.15) is 6.42 Å². The van der Waals surface area contributed by atoms with E-state index >= 15 is 0 Å². The summed E-state index contributed by atoms with van der Waals surface area (Å²) in [6.07, 6.45) is -4.20. The number of hydrogen-bond donors (Lipinski definition) is 4. The maximum Gasteiger partial charge on any atom is 0.328 e. The van der Waals surface area contributed by atoms with Gasteiger partial charge in [-0.3, -0.25) is 15.0 Å². The lowest BCUT2D eigenvalue weighted by Crippen LogP contribution is -2.43. The SMILES string of the molecule is O=C1NC(=O)N([C@H]2C[C@H](O)[C@@H](CO)O2)[C@@H]1O. The average molecular weight is 232 g/mol. The normalized spacial score (nSPS) is 39.3. The van der Waals surface area contributed by atoms with E-state index in [-0.39, 0.29) is 6.42 Å². The van der Waals surface area contributed by atoms with Gasteiger partial charge in [0.15, 0.2) is 0 Å². The van der Waals surface area contributed by atoms with Crippen molar-refractivity contribution in [1.29, 1.82) is 0 Å². The second-order valence-corrected chi connectivity index (χ2v) is 3.69. The summed E-state index contributed by atoms with van der Waals surface area (Å²) in [5, 5.41) is 29.6. The Bertz CT molecular complexity index is 322. The molecular formula is C8H12N2O6. The highest BCUT2D eigenvalue weighted by atomic mass is 16.5. The minimum absolute atomic E-state index is 0.0446. The fourth-order valence-corrected chi connectivity index (χ4v) is 1.81. The molecule has 90 valence electrons. The molecule has 0 radical (unpaired) electrons. The molecule has 2 aliphatic rings. The molecule has 0 spiro atoms. The van der Waals surface area contributed by atoms with E-state index in [2.05, 4.69) is 0 Å². The van der Waals surface area contributed by atoms with Gasteiger partial charge in [-0.05, 0) is 0 Å². The highest BCUT2D eigenvalue weighted by Gasteiger charge is 2.47. The van der Waals surface area contributed by atoms with E-state index in [0.29, 0.717) is 0 Å². The van der Waals surface area contributed by atoms with E-state index in [4.69, 9.17) is 9.84 Å². The monoisotopic (exact) mass is 232 g/mol. The van der Waals surface area contributed by atoms with Crippen molar-refractivity contribution < 1.29 is 29.6 Å². The molecule has 0 aromatic heterocycles. The number of imide groups is 1. The molecule has 2 heterocycles. The first-order valence-electron chi connectivity index (χ1n) is 4.80. The minimum atomic E-state index is -1.61. The van der Waals surface area contributed by atoms with E-state index in [0.717, 1.165) is 4.90 Å². The number of ether oxygens (including phenoxy) is 1. The molecule has 4 atom stereocenters. The third-order valence-electron chi connectivity index (χ3n) is 2.66. The van der Waals surface area contributed by atoms with Crippen molar-refractivity contribution in [2.24, 2.45) is 0 Å². The lowest BCUT2D eigenvalue weighted by atomic mass is 10.2. The van der Waals surface area contributed by atoms with Crippen molar-refractivity contribution in [2.45, 2.75) is 31.1 Å². The fourth-order valence-electron chi connectivity index (χ4n) is 1.81. The van der Waals surface area contributed by atoms with Gasteiger partial charge in [0, 0.05) is 6.42 Å². The fraction of sp³-hybridized carbons (Fsp3) is 0.750. The van der Waals surface area contributed by atoms with Crippen molar-refractivity contribution in [3.8, 4) is 0 Å². The van der Waals surface area contributed by atoms with Gasteiger partial charge >= 0.3 is 6.03 Å². The number of nitrogens with one attached hydrogen (secondary N) is 1. The van der Waals surface area contributed by atoms with Crippen LogP contribution < -0.4 is 5.32 Å². The molecule has 2 aliphatic heterocycles. The van der Waals surface area contributed by atoms with E-state index in [1.54, 1.807) is 0 Å². The molecule has 2 rings (SSSR count). The number of urea groups is 1. The topological polar surface area (TPSA) is 119 Å². The third kappa shape index (κ3) is 1.65. The molecule has 4 N–H and O–H groups in total. The zero-order valence-corrected chi connectivity index (χ0v) is 8.24. The Morgan fingerprint density at radius 3 is 2.56 bits per heavy atom. The summed E-state index contributed by atoms with van der Waals surface area (Å²) in [5.41, 5.74) is 0. The van der Waals surface area contributed by atoms with Crippen LogP contribution in [0.2, 0.25) is 0 Å². The van der Waals surface area contributed by atoms with Gasteiger partial charge in [0.2, 0.25) is 6.23 Å². The predicted molar refractivity (Wildman–Crippen MR) is 47.8 cm³/mol. The molecule has 2 fully saturated rings. The van der Waals surface area contributed by atoms with Crippen LogP contribution >= 0.6 is 0 Å². The summed E-state index contributed by atoms with van der Waals surface area (Å²) in [6, 6.07) is -0.770. The van der Waals surface area contributed by atoms with Gasteiger partial charge in [-0.2, -0.15) is 0 Å². The van der Waals surface area contributed by atoms with Crippen molar-refractivity contribution in [3.63, 3.8) is 0 Å². The molecule has 0 aromatic carbocycles. The Balaban J connectivity index is 2.09. The van der Waals surface area contributed by atoms with Crippen LogP contribution in [0.5, 0.6) is 0 Å². The van der Waals surface area contributed by atoms with E-state index in [9.17, 15) is 19.8 Å². The molecule has 0 unspecified atom stereocenters. The molecule has 8 nitrogen and oxygen atoms in total. The molecule has 0 aliphatic carbocycles. The summed E-state index contributed by atoms with van der Waals surface area (Å²) < 4.78 is 5.15. The Morgan fingerprint density at radius 1 is 1.44 bits per heavy atom. The number of aliphatic hydroxyl groups excluding tert-OH is 3.